The van der Waals surface area contributed by atoms with E-state index in [1.807, 2.05) is 0 Å². The Kier molecular flexibility index (Phi) is 8.68. The smallest absolute Gasteiger partial charge is 0.0841 e. The van der Waals surface area contributed by atoms with Gasteiger partial charge in [0.1, 0.15) is 0 Å². The first-order chi connectivity index (χ1) is 11.6. The third-order valence-electron chi connectivity index (χ3n) is 7.57. The fourth-order valence-electron chi connectivity index (χ4n) is 6.71. The van der Waals surface area contributed by atoms with Crippen LogP contribution in [0.15, 0.2) is 10.8 Å². The largest absolute Gasteiger partial charge is 0.307 e. The molecule has 25 heavy (non-hydrogen) atoms. The van der Waals surface area contributed by atoms with Gasteiger partial charge < -0.3 is 5.32 Å². The van der Waals surface area contributed by atoms with Crippen LogP contribution in [0.5, 0.6) is 0 Å². The number of hydrogen-bond acceptors (Lipinski definition) is 1. The third-order valence-corrected chi connectivity index (χ3v) is 16.4. The summed E-state index contributed by atoms with van der Waals surface area (Å²) >= 11 is 0. The van der Waals surface area contributed by atoms with Gasteiger partial charge in [-0.1, -0.05) is 78.5 Å². The predicted octanol–water partition coefficient (Wildman–Crippen LogP) is 5.93. The molecular weight excluding hydrogens is 334 g/mol. The van der Waals surface area contributed by atoms with Gasteiger partial charge in [0.25, 0.3) is 0 Å². The Morgan fingerprint density at radius 2 is 1.36 bits per heavy atom. The summed E-state index contributed by atoms with van der Waals surface area (Å²) in [6.45, 7) is 22.4. The minimum atomic E-state index is -1.56. The number of hydrogen-bond donors (Lipinski definition) is 1. The minimum Gasteiger partial charge on any atom is -0.307 e. The van der Waals surface area contributed by atoms with Gasteiger partial charge in [-0.25, -0.2) is 0 Å². The highest BCUT2D eigenvalue weighted by molar-refractivity contribution is 6.86. The number of nitrogens with one attached hydrogen (secondary N) is 1. The van der Waals surface area contributed by atoms with Crippen LogP contribution in [0.1, 0.15) is 101 Å². The first-order valence-electron chi connectivity index (χ1n) is 11.0. The van der Waals surface area contributed by atoms with Crippen molar-refractivity contribution in [2.24, 2.45) is 0 Å². The molecule has 0 saturated heterocycles. The quantitative estimate of drug-likeness (QED) is 0.513. The summed E-state index contributed by atoms with van der Waals surface area (Å²) in [7, 11) is -0.364. The van der Waals surface area contributed by atoms with Gasteiger partial charge in [-0.15, -0.1) is 0 Å². The Balaban J connectivity index is 3.49. The highest BCUT2D eigenvalue weighted by Crippen LogP contribution is 2.53. The molecule has 1 atom stereocenters. The van der Waals surface area contributed by atoms with Crippen molar-refractivity contribution in [2.75, 3.05) is 0 Å². The predicted molar refractivity (Wildman–Crippen MR) is 122 cm³/mol. The van der Waals surface area contributed by atoms with E-state index >= 15 is 0 Å². The molecule has 0 bridgehead atoms. The van der Waals surface area contributed by atoms with E-state index in [0.717, 1.165) is 16.6 Å². The van der Waals surface area contributed by atoms with E-state index in [1.165, 1.54) is 48.8 Å². The summed E-state index contributed by atoms with van der Waals surface area (Å²) in [5.41, 5.74) is 4.13. The van der Waals surface area contributed by atoms with Gasteiger partial charge >= 0.3 is 0 Å². The molecule has 0 radical (unpaired) electrons. The van der Waals surface area contributed by atoms with E-state index < -0.39 is 8.07 Å². The zero-order chi connectivity index (χ0) is 19.4. The van der Waals surface area contributed by atoms with Gasteiger partial charge in [0.05, 0.1) is 8.07 Å². The second-order valence-corrected chi connectivity index (χ2v) is 17.6. The summed E-state index contributed by atoms with van der Waals surface area (Å²) in [5, 5.41) is 6.46. The van der Waals surface area contributed by atoms with Crippen LogP contribution in [-0.4, -0.2) is 29.5 Å². The molecule has 3 heteroatoms. The van der Waals surface area contributed by atoms with Crippen LogP contribution in [0.3, 0.4) is 0 Å². The maximum absolute atomic E-state index is 4.41. The lowest BCUT2D eigenvalue weighted by Gasteiger charge is -2.60. The Morgan fingerprint density at radius 1 is 0.920 bits per heavy atom. The van der Waals surface area contributed by atoms with Crippen molar-refractivity contribution in [3.8, 4) is 0 Å². The zero-order valence-corrected chi connectivity index (χ0v) is 22.1. The molecule has 148 valence electrons. The topological polar surface area (TPSA) is 12.0 Å². The fraction of sp³-hybridized carbons (Fsp3) is 0.909. The van der Waals surface area contributed by atoms with E-state index in [1.54, 1.807) is 10.8 Å². The van der Waals surface area contributed by atoms with Crippen LogP contribution in [-0.2, 0) is 0 Å². The van der Waals surface area contributed by atoms with Gasteiger partial charge in [-0.05, 0) is 49.7 Å². The first-order valence-corrected chi connectivity index (χ1v) is 14.2. The van der Waals surface area contributed by atoms with Crippen molar-refractivity contribution >= 4 is 18.3 Å². The van der Waals surface area contributed by atoms with Crippen LogP contribution < -0.4 is 5.32 Å². The second-order valence-electron chi connectivity index (χ2n) is 9.83. The first kappa shape index (κ1) is 23.2. The molecule has 1 aliphatic carbocycles. The Hall–Kier alpha value is 0.134. The van der Waals surface area contributed by atoms with Crippen molar-refractivity contribution in [3.05, 3.63) is 10.8 Å². The SMILES string of the molecule is CCC(NC1([Si](C(C)C)(C(C)C)C(C)C)CCCCC1)C(C)=C(C)[SiH3]. The Labute approximate surface area is 163 Å². The molecule has 1 N–H and O–H groups in total. The average Bonchev–Trinajstić information content (AvgIpc) is 2.52. The van der Waals surface area contributed by atoms with Gasteiger partial charge in [-0.2, -0.15) is 0 Å². The summed E-state index contributed by atoms with van der Waals surface area (Å²) in [4.78, 5) is 0. The molecule has 1 aliphatic rings. The van der Waals surface area contributed by atoms with Crippen molar-refractivity contribution in [2.45, 2.75) is 129 Å². The lowest BCUT2D eigenvalue weighted by molar-refractivity contribution is 0.278. The minimum absolute atomic E-state index is 0.417. The second kappa shape index (κ2) is 9.37. The molecule has 1 fully saturated rings. The summed E-state index contributed by atoms with van der Waals surface area (Å²) < 4.78 is 0. The van der Waals surface area contributed by atoms with Gasteiger partial charge in [0, 0.05) is 21.4 Å². The summed E-state index contributed by atoms with van der Waals surface area (Å²) in [6, 6.07) is 0.582. The van der Waals surface area contributed by atoms with Crippen molar-refractivity contribution in [1.29, 1.82) is 0 Å². The molecule has 1 nitrogen and oxygen atoms in total. The van der Waals surface area contributed by atoms with Crippen LogP contribution in [0, 0.1) is 0 Å². The molecule has 1 saturated carbocycles. The normalized spacial score (nSPS) is 21.1. The third kappa shape index (κ3) is 4.35. The van der Waals surface area contributed by atoms with E-state index in [0.29, 0.717) is 11.2 Å². The monoisotopic (exact) mass is 381 g/mol. The summed E-state index contributed by atoms with van der Waals surface area (Å²) in [6.07, 6.45) is 8.34. The average molecular weight is 382 g/mol. The standard InChI is InChI=1S/C22H47NSi2/c1-10-21(19(8)20(9)24)23-22(14-12-11-13-15-22)25(16(2)3,17(4)5)18(6)7/h16-18,21,23H,10-15H2,1-9,24H3. The highest BCUT2D eigenvalue weighted by Gasteiger charge is 2.58. The van der Waals surface area contributed by atoms with E-state index in [4.69, 9.17) is 0 Å². The van der Waals surface area contributed by atoms with Crippen LogP contribution >= 0.6 is 0 Å². The van der Waals surface area contributed by atoms with Crippen LogP contribution in [0.2, 0.25) is 16.6 Å². The Bertz CT molecular complexity index is 419. The molecule has 1 unspecified atom stereocenters. The van der Waals surface area contributed by atoms with Crippen LogP contribution in [0.25, 0.3) is 0 Å². The molecule has 0 aromatic carbocycles. The molecule has 0 heterocycles. The van der Waals surface area contributed by atoms with E-state index in [-0.39, 0.29) is 0 Å². The molecule has 1 rings (SSSR count). The zero-order valence-electron chi connectivity index (χ0n) is 19.1. The molecular formula is C22H47NSi2. The fourth-order valence-corrected chi connectivity index (χ4v) is 16.0. The lowest BCUT2D eigenvalue weighted by Crippen LogP contribution is -2.73. The maximum Gasteiger partial charge on any atom is 0.0841 e. The molecule has 0 spiro atoms. The molecule has 0 aliphatic heterocycles. The van der Waals surface area contributed by atoms with Gasteiger partial charge in [0.2, 0.25) is 0 Å². The molecule has 0 amide bonds. The summed E-state index contributed by atoms with van der Waals surface area (Å²) in [5.74, 6) is 0. The number of allylic oxidation sites excluding steroid dienone is 1. The molecule has 0 aromatic heterocycles. The van der Waals surface area contributed by atoms with Crippen molar-refractivity contribution in [3.63, 3.8) is 0 Å². The maximum atomic E-state index is 4.41. The lowest BCUT2D eigenvalue weighted by atomic mass is 9.92. The van der Waals surface area contributed by atoms with Crippen molar-refractivity contribution < 1.29 is 0 Å². The van der Waals surface area contributed by atoms with Crippen LogP contribution in [0.4, 0.5) is 0 Å². The number of rotatable bonds is 8. The van der Waals surface area contributed by atoms with E-state index in [9.17, 15) is 0 Å². The molecule has 0 aromatic rings. The van der Waals surface area contributed by atoms with Gasteiger partial charge in [0.15, 0.2) is 0 Å². The van der Waals surface area contributed by atoms with Gasteiger partial charge in [-0.3, -0.25) is 0 Å². The Morgan fingerprint density at radius 3 is 1.68 bits per heavy atom. The highest BCUT2D eigenvalue weighted by atomic mass is 28.3. The van der Waals surface area contributed by atoms with E-state index in [2.05, 4.69) is 67.6 Å². The van der Waals surface area contributed by atoms with Crippen molar-refractivity contribution in [1.82, 2.24) is 5.32 Å².